The van der Waals surface area contributed by atoms with Crippen LogP contribution in [0.3, 0.4) is 0 Å². The van der Waals surface area contributed by atoms with Gasteiger partial charge in [0.2, 0.25) is 5.91 Å². The van der Waals surface area contributed by atoms with Crippen LogP contribution < -0.4 is 0 Å². The van der Waals surface area contributed by atoms with Crippen LogP contribution in [0.4, 0.5) is 4.39 Å². The van der Waals surface area contributed by atoms with Gasteiger partial charge >= 0.3 is 0 Å². The van der Waals surface area contributed by atoms with E-state index in [2.05, 4.69) is 5.16 Å². The fourth-order valence-electron chi connectivity index (χ4n) is 3.13. The largest absolute Gasteiger partial charge is 0.390 e. The molecule has 0 aromatic heterocycles. The Morgan fingerprint density at radius 2 is 2.00 bits per heavy atom. The van der Waals surface area contributed by atoms with Gasteiger partial charge in [0.1, 0.15) is 12.4 Å². The van der Waals surface area contributed by atoms with Crippen LogP contribution in [0.15, 0.2) is 53.7 Å². The molecule has 1 atom stereocenters. The Labute approximate surface area is 158 Å². The molecule has 6 heteroatoms. The average molecular weight is 370 g/mol. The van der Waals surface area contributed by atoms with Gasteiger partial charge in [0, 0.05) is 31.2 Å². The van der Waals surface area contributed by atoms with E-state index in [1.807, 2.05) is 31.2 Å². The summed E-state index contributed by atoms with van der Waals surface area (Å²) in [6.07, 6.45) is 0.325. The Kier molecular flexibility index (Phi) is 6.19. The van der Waals surface area contributed by atoms with Gasteiger partial charge < -0.3 is 14.5 Å². The number of nitrogens with zero attached hydrogens (tertiary/aromatic N) is 2. The molecule has 1 aliphatic rings. The predicted molar refractivity (Wildman–Crippen MR) is 101 cm³/mol. The standard InChI is InChI=1S/C21H23FN2O3/c1-15-7-3-5-9-18(15)20-11-17(27-23-20)13-24(21(25)14-26-2)12-16-8-4-6-10-19(16)22/h3-10,17H,11-14H2,1-2H3/t17-/m0/s1. The van der Waals surface area contributed by atoms with Crippen LogP contribution >= 0.6 is 0 Å². The normalized spacial score (nSPS) is 16.0. The van der Waals surface area contributed by atoms with Crippen LogP contribution in [0.1, 0.15) is 23.1 Å². The van der Waals surface area contributed by atoms with Crippen molar-refractivity contribution in [2.24, 2.45) is 5.16 Å². The molecule has 0 unspecified atom stereocenters. The maximum Gasteiger partial charge on any atom is 0.248 e. The lowest BCUT2D eigenvalue weighted by Gasteiger charge is -2.25. The van der Waals surface area contributed by atoms with Gasteiger partial charge in [-0.2, -0.15) is 0 Å². The highest BCUT2D eigenvalue weighted by molar-refractivity contribution is 6.02. The van der Waals surface area contributed by atoms with Gasteiger partial charge in [0.15, 0.2) is 6.10 Å². The van der Waals surface area contributed by atoms with Crippen molar-refractivity contribution in [3.8, 4) is 0 Å². The lowest BCUT2D eigenvalue weighted by molar-refractivity contribution is -0.137. The molecular formula is C21H23FN2O3. The fourth-order valence-corrected chi connectivity index (χ4v) is 3.13. The summed E-state index contributed by atoms with van der Waals surface area (Å²) in [5, 5.41) is 4.20. The third-order valence-corrected chi connectivity index (χ3v) is 4.55. The number of halogens is 1. The molecule has 0 saturated carbocycles. The molecule has 142 valence electrons. The molecule has 0 spiro atoms. The van der Waals surface area contributed by atoms with Crippen molar-refractivity contribution in [2.45, 2.75) is 26.0 Å². The zero-order chi connectivity index (χ0) is 19.2. The van der Waals surface area contributed by atoms with Crippen molar-refractivity contribution in [1.82, 2.24) is 4.90 Å². The van der Waals surface area contributed by atoms with Crippen molar-refractivity contribution in [2.75, 3.05) is 20.3 Å². The number of ether oxygens (including phenoxy) is 1. The number of carbonyl (C=O) groups is 1. The van der Waals surface area contributed by atoms with Gasteiger partial charge in [0.05, 0.1) is 12.3 Å². The second-order valence-corrected chi connectivity index (χ2v) is 6.58. The first kappa shape index (κ1) is 19.0. The van der Waals surface area contributed by atoms with Crippen LogP contribution in [-0.2, 0) is 20.9 Å². The molecule has 2 aromatic carbocycles. The predicted octanol–water partition coefficient (Wildman–Crippen LogP) is 3.30. The Morgan fingerprint density at radius 1 is 1.26 bits per heavy atom. The van der Waals surface area contributed by atoms with Gasteiger partial charge in [0.25, 0.3) is 0 Å². The quantitative estimate of drug-likeness (QED) is 0.751. The van der Waals surface area contributed by atoms with E-state index >= 15 is 0 Å². The zero-order valence-corrected chi connectivity index (χ0v) is 15.5. The summed E-state index contributed by atoms with van der Waals surface area (Å²) >= 11 is 0. The first-order chi connectivity index (χ1) is 13.1. The number of amides is 1. The van der Waals surface area contributed by atoms with Crippen LogP contribution in [0.5, 0.6) is 0 Å². The molecule has 2 aromatic rings. The van der Waals surface area contributed by atoms with E-state index in [0.717, 1.165) is 16.8 Å². The number of aryl methyl sites for hydroxylation is 1. The summed E-state index contributed by atoms with van der Waals surface area (Å²) in [5.74, 6) is -0.550. The van der Waals surface area contributed by atoms with Gasteiger partial charge in [-0.25, -0.2) is 4.39 Å². The van der Waals surface area contributed by atoms with E-state index in [1.54, 1.807) is 23.1 Å². The number of hydrogen-bond donors (Lipinski definition) is 0. The molecule has 0 bridgehead atoms. The highest BCUT2D eigenvalue weighted by Crippen LogP contribution is 2.21. The highest BCUT2D eigenvalue weighted by atomic mass is 19.1. The van der Waals surface area contributed by atoms with E-state index in [-0.39, 0.29) is 31.0 Å². The highest BCUT2D eigenvalue weighted by Gasteiger charge is 2.27. The van der Waals surface area contributed by atoms with Gasteiger partial charge in [-0.3, -0.25) is 4.79 Å². The molecule has 0 fully saturated rings. The Bertz CT molecular complexity index is 838. The second-order valence-electron chi connectivity index (χ2n) is 6.58. The third-order valence-electron chi connectivity index (χ3n) is 4.55. The molecule has 0 aliphatic carbocycles. The summed E-state index contributed by atoms with van der Waals surface area (Å²) in [4.78, 5) is 19.6. The summed E-state index contributed by atoms with van der Waals surface area (Å²) in [6.45, 7) is 2.44. The van der Waals surface area contributed by atoms with E-state index in [4.69, 9.17) is 9.57 Å². The maximum absolute atomic E-state index is 14.0. The molecule has 5 nitrogen and oxygen atoms in total. The van der Waals surface area contributed by atoms with E-state index in [9.17, 15) is 9.18 Å². The van der Waals surface area contributed by atoms with Crippen molar-refractivity contribution in [1.29, 1.82) is 0 Å². The molecule has 1 amide bonds. The molecule has 0 saturated heterocycles. The van der Waals surface area contributed by atoms with Crippen LogP contribution in [0.25, 0.3) is 0 Å². The lowest BCUT2D eigenvalue weighted by Crippen LogP contribution is -2.39. The Morgan fingerprint density at radius 3 is 2.74 bits per heavy atom. The molecule has 1 heterocycles. The minimum absolute atomic E-state index is 0.0628. The molecule has 27 heavy (non-hydrogen) atoms. The number of rotatable bonds is 7. The molecule has 3 rings (SSSR count). The third kappa shape index (κ3) is 4.71. The molecule has 1 aliphatic heterocycles. The van der Waals surface area contributed by atoms with Gasteiger partial charge in [-0.05, 0) is 18.6 Å². The van der Waals surface area contributed by atoms with Gasteiger partial charge in [-0.15, -0.1) is 0 Å². The second kappa shape index (κ2) is 8.77. The van der Waals surface area contributed by atoms with E-state index in [1.165, 1.54) is 13.2 Å². The first-order valence-electron chi connectivity index (χ1n) is 8.87. The SMILES string of the molecule is COCC(=O)N(Cc1ccccc1F)C[C@@H]1CC(c2ccccc2C)=NO1. The molecule has 0 radical (unpaired) electrons. The minimum Gasteiger partial charge on any atom is -0.390 e. The number of methoxy groups -OCH3 is 1. The van der Waals surface area contributed by atoms with Crippen molar-refractivity contribution in [3.63, 3.8) is 0 Å². The topological polar surface area (TPSA) is 51.1 Å². The Hall–Kier alpha value is -2.73. The number of hydrogen-bond acceptors (Lipinski definition) is 4. The lowest BCUT2D eigenvalue weighted by atomic mass is 10.00. The van der Waals surface area contributed by atoms with Crippen molar-refractivity contribution < 1.29 is 18.8 Å². The van der Waals surface area contributed by atoms with Gasteiger partial charge in [-0.1, -0.05) is 47.6 Å². The van der Waals surface area contributed by atoms with Crippen LogP contribution in [-0.4, -0.2) is 42.9 Å². The van der Waals surface area contributed by atoms with Crippen molar-refractivity contribution >= 4 is 11.6 Å². The fraction of sp³-hybridized carbons (Fsp3) is 0.333. The van der Waals surface area contributed by atoms with Crippen LogP contribution in [0, 0.1) is 12.7 Å². The number of carbonyl (C=O) groups excluding carboxylic acids is 1. The van der Waals surface area contributed by atoms with E-state index in [0.29, 0.717) is 18.5 Å². The zero-order valence-electron chi connectivity index (χ0n) is 15.5. The molecule has 0 N–H and O–H groups in total. The monoisotopic (exact) mass is 370 g/mol. The summed E-state index contributed by atoms with van der Waals surface area (Å²) in [7, 11) is 1.46. The summed E-state index contributed by atoms with van der Waals surface area (Å²) in [5.41, 5.74) is 3.49. The van der Waals surface area contributed by atoms with Crippen LogP contribution in [0.2, 0.25) is 0 Å². The Balaban J connectivity index is 1.69. The minimum atomic E-state index is -0.336. The average Bonchev–Trinajstić information content (AvgIpc) is 3.12. The van der Waals surface area contributed by atoms with E-state index < -0.39 is 0 Å². The first-order valence-corrected chi connectivity index (χ1v) is 8.87. The number of benzene rings is 2. The summed E-state index contributed by atoms with van der Waals surface area (Å²) in [6, 6.07) is 14.4. The summed E-state index contributed by atoms with van der Waals surface area (Å²) < 4.78 is 19.0. The van der Waals surface area contributed by atoms with Crippen molar-refractivity contribution in [3.05, 3.63) is 71.0 Å². The smallest absolute Gasteiger partial charge is 0.248 e. The molecular weight excluding hydrogens is 347 g/mol. The maximum atomic E-state index is 14.0. The number of oxime groups is 1.